The van der Waals surface area contributed by atoms with Gasteiger partial charge in [0.2, 0.25) is 0 Å². The highest BCUT2D eigenvalue weighted by Crippen LogP contribution is 2.22. The van der Waals surface area contributed by atoms with E-state index in [0.29, 0.717) is 12.2 Å². The Bertz CT molecular complexity index is 690. The molecule has 0 aliphatic heterocycles. The smallest absolute Gasteiger partial charge is 0.147 e. The molecule has 0 aliphatic rings. The lowest BCUT2D eigenvalue weighted by molar-refractivity contribution is 0.558. The highest BCUT2D eigenvalue weighted by Gasteiger charge is 2.05. The van der Waals surface area contributed by atoms with Crippen molar-refractivity contribution in [2.45, 2.75) is 6.54 Å². The molecule has 1 aromatic heterocycles. The third-order valence-electron chi connectivity index (χ3n) is 2.86. The number of furan rings is 1. The van der Waals surface area contributed by atoms with Gasteiger partial charge in [0.15, 0.2) is 0 Å². The number of para-hydroxylation sites is 1. The second-order valence-corrected chi connectivity index (χ2v) is 5.14. The predicted molar refractivity (Wildman–Crippen MR) is 77.6 cm³/mol. The van der Waals surface area contributed by atoms with Crippen LogP contribution in [0.5, 0.6) is 0 Å². The van der Waals surface area contributed by atoms with Crippen LogP contribution >= 0.6 is 15.9 Å². The van der Waals surface area contributed by atoms with Gasteiger partial charge in [-0.3, -0.25) is 0 Å². The summed E-state index contributed by atoms with van der Waals surface area (Å²) in [6, 6.07) is 14.7. The number of hydrogen-bond acceptors (Lipinski definition) is 2. The summed E-state index contributed by atoms with van der Waals surface area (Å²) in [4.78, 5) is 0. The first-order valence-corrected chi connectivity index (χ1v) is 6.68. The monoisotopic (exact) mass is 319 g/mol. The Morgan fingerprint density at radius 3 is 2.74 bits per heavy atom. The number of rotatable bonds is 3. The molecule has 0 aliphatic carbocycles. The van der Waals surface area contributed by atoms with E-state index in [1.165, 1.54) is 6.07 Å². The summed E-state index contributed by atoms with van der Waals surface area (Å²) in [7, 11) is 0. The third kappa shape index (κ3) is 2.63. The normalized spacial score (nSPS) is 10.8. The predicted octanol–water partition coefficient (Wildman–Crippen LogP) is 4.95. The summed E-state index contributed by atoms with van der Waals surface area (Å²) in [5, 5.41) is 4.08. The van der Waals surface area contributed by atoms with Crippen LogP contribution in [0.3, 0.4) is 0 Å². The first kappa shape index (κ1) is 12.2. The van der Waals surface area contributed by atoms with Crippen molar-refractivity contribution in [2.24, 2.45) is 0 Å². The fourth-order valence-electron chi connectivity index (χ4n) is 1.94. The summed E-state index contributed by atoms with van der Waals surface area (Å²) in [6.07, 6.45) is 0. The van der Waals surface area contributed by atoms with Crippen LogP contribution < -0.4 is 5.32 Å². The molecule has 19 heavy (non-hydrogen) atoms. The number of hydrogen-bond donors (Lipinski definition) is 1. The van der Waals surface area contributed by atoms with E-state index in [2.05, 4.69) is 21.2 Å². The van der Waals surface area contributed by atoms with E-state index in [1.807, 2.05) is 30.3 Å². The Labute approximate surface area is 118 Å². The van der Waals surface area contributed by atoms with Gasteiger partial charge in [0.1, 0.15) is 17.2 Å². The number of fused-ring (bicyclic) bond motifs is 1. The highest BCUT2D eigenvalue weighted by atomic mass is 79.9. The van der Waals surface area contributed by atoms with E-state index >= 15 is 0 Å². The van der Waals surface area contributed by atoms with Crippen molar-refractivity contribution in [3.8, 4) is 0 Å². The topological polar surface area (TPSA) is 25.2 Å². The van der Waals surface area contributed by atoms with Crippen LogP contribution in [-0.4, -0.2) is 0 Å². The minimum atomic E-state index is -0.287. The summed E-state index contributed by atoms with van der Waals surface area (Å²) in [5.41, 5.74) is 1.30. The minimum absolute atomic E-state index is 0.287. The van der Waals surface area contributed by atoms with Gasteiger partial charge in [-0.1, -0.05) is 34.1 Å². The molecule has 0 spiro atoms. The van der Waals surface area contributed by atoms with Gasteiger partial charge in [0.05, 0.1) is 12.2 Å². The lowest BCUT2D eigenvalue weighted by atomic mass is 10.2. The number of benzene rings is 2. The van der Waals surface area contributed by atoms with Crippen molar-refractivity contribution in [1.29, 1.82) is 0 Å². The van der Waals surface area contributed by atoms with Gasteiger partial charge in [-0.15, -0.1) is 0 Å². The average molecular weight is 320 g/mol. The molecule has 2 nitrogen and oxygen atoms in total. The molecule has 3 rings (SSSR count). The van der Waals surface area contributed by atoms with Gasteiger partial charge in [-0.05, 0) is 30.3 Å². The fourth-order valence-corrected chi connectivity index (χ4v) is 2.27. The van der Waals surface area contributed by atoms with Crippen LogP contribution in [0.25, 0.3) is 11.0 Å². The van der Waals surface area contributed by atoms with Gasteiger partial charge < -0.3 is 9.73 Å². The minimum Gasteiger partial charge on any atom is -0.459 e. The third-order valence-corrected chi connectivity index (χ3v) is 3.35. The molecule has 3 aromatic rings. The summed E-state index contributed by atoms with van der Waals surface area (Å²) < 4.78 is 20.0. The Kier molecular flexibility index (Phi) is 3.25. The Balaban J connectivity index is 1.78. The molecule has 0 atom stereocenters. The number of halogens is 2. The van der Waals surface area contributed by atoms with Crippen LogP contribution in [0, 0.1) is 5.82 Å². The Morgan fingerprint density at radius 1 is 1.11 bits per heavy atom. The van der Waals surface area contributed by atoms with Crippen molar-refractivity contribution < 1.29 is 8.81 Å². The molecule has 0 saturated heterocycles. The molecular formula is C15H11BrFNO. The van der Waals surface area contributed by atoms with Crippen LogP contribution in [-0.2, 0) is 6.54 Å². The van der Waals surface area contributed by atoms with E-state index in [9.17, 15) is 4.39 Å². The lowest BCUT2D eigenvalue weighted by Crippen LogP contribution is -2.00. The van der Waals surface area contributed by atoms with E-state index in [0.717, 1.165) is 21.2 Å². The van der Waals surface area contributed by atoms with Crippen LogP contribution in [0.2, 0.25) is 0 Å². The number of anilines is 1. The van der Waals surface area contributed by atoms with Gasteiger partial charge >= 0.3 is 0 Å². The molecule has 1 N–H and O–H groups in total. The maximum Gasteiger partial charge on any atom is 0.147 e. The van der Waals surface area contributed by atoms with Crippen molar-refractivity contribution in [3.05, 3.63) is 64.6 Å². The van der Waals surface area contributed by atoms with Gasteiger partial charge in [-0.25, -0.2) is 4.39 Å². The number of nitrogens with one attached hydrogen (secondary N) is 1. The van der Waals surface area contributed by atoms with E-state index in [-0.39, 0.29) is 5.82 Å². The van der Waals surface area contributed by atoms with Crippen molar-refractivity contribution in [1.82, 2.24) is 0 Å². The molecule has 0 fully saturated rings. The van der Waals surface area contributed by atoms with Gasteiger partial charge in [0, 0.05) is 9.86 Å². The Morgan fingerprint density at radius 2 is 1.95 bits per heavy atom. The Hall–Kier alpha value is -1.81. The maximum atomic E-state index is 13.6. The SMILES string of the molecule is Fc1cc(Br)ccc1NCc1cc2ccccc2o1. The first-order valence-electron chi connectivity index (χ1n) is 5.89. The standard InChI is InChI=1S/C15H11BrFNO/c16-11-5-6-14(13(17)8-11)18-9-12-7-10-3-1-2-4-15(10)19-12/h1-8,18H,9H2. The molecule has 0 unspecified atom stereocenters. The molecule has 0 radical (unpaired) electrons. The zero-order valence-corrected chi connectivity index (χ0v) is 11.6. The molecule has 0 saturated carbocycles. The zero-order chi connectivity index (χ0) is 13.2. The zero-order valence-electron chi connectivity index (χ0n) is 9.99. The average Bonchev–Trinajstić information content (AvgIpc) is 2.80. The quantitative estimate of drug-likeness (QED) is 0.739. The van der Waals surface area contributed by atoms with Crippen molar-refractivity contribution in [3.63, 3.8) is 0 Å². The van der Waals surface area contributed by atoms with E-state index in [4.69, 9.17) is 4.42 Å². The molecular weight excluding hydrogens is 309 g/mol. The highest BCUT2D eigenvalue weighted by molar-refractivity contribution is 9.10. The summed E-state index contributed by atoms with van der Waals surface area (Å²) >= 11 is 3.23. The maximum absolute atomic E-state index is 13.6. The van der Waals surface area contributed by atoms with Gasteiger partial charge in [-0.2, -0.15) is 0 Å². The molecule has 4 heteroatoms. The van der Waals surface area contributed by atoms with Crippen LogP contribution in [0.1, 0.15) is 5.76 Å². The van der Waals surface area contributed by atoms with Gasteiger partial charge in [0.25, 0.3) is 0 Å². The summed E-state index contributed by atoms with van der Waals surface area (Å²) in [5.74, 6) is 0.494. The largest absolute Gasteiger partial charge is 0.459 e. The second-order valence-electron chi connectivity index (χ2n) is 4.23. The molecule has 2 aromatic carbocycles. The molecule has 1 heterocycles. The van der Waals surface area contributed by atoms with Crippen molar-refractivity contribution in [2.75, 3.05) is 5.32 Å². The first-order chi connectivity index (χ1) is 9.22. The molecule has 0 amide bonds. The van der Waals surface area contributed by atoms with Crippen LogP contribution in [0.15, 0.2) is 57.4 Å². The lowest BCUT2D eigenvalue weighted by Gasteiger charge is -2.05. The summed E-state index contributed by atoms with van der Waals surface area (Å²) in [6.45, 7) is 0.452. The van der Waals surface area contributed by atoms with Crippen LogP contribution in [0.4, 0.5) is 10.1 Å². The van der Waals surface area contributed by atoms with E-state index in [1.54, 1.807) is 12.1 Å². The van der Waals surface area contributed by atoms with E-state index < -0.39 is 0 Å². The fraction of sp³-hybridized carbons (Fsp3) is 0.0667. The molecule has 96 valence electrons. The molecule has 0 bridgehead atoms. The van der Waals surface area contributed by atoms with Crippen molar-refractivity contribution >= 4 is 32.6 Å². The second kappa shape index (κ2) is 5.05.